The van der Waals surface area contributed by atoms with E-state index in [4.69, 9.17) is 4.42 Å². The van der Waals surface area contributed by atoms with Gasteiger partial charge in [0.25, 0.3) is 0 Å². The molecule has 0 radical (unpaired) electrons. The summed E-state index contributed by atoms with van der Waals surface area (Å²) in [7, 11) is -2.83. The van der Waals surface area contributed by atoms with Crippen LogP contribution in [0.2, 0.25) is 0 Å². The molecule has 22 heavy (non-hydrogen) atoms. The van der Waals surface area contributed by atoms with Gasteiger partial charge in [-0.15, -0.1) is 0 Å². The van der Waals surface area contributed by atoms with Gasteiger partial charge in [0, 0.05) is 0 Å². The van der Waals surface area contributed by atoms with Crippen molar-refractivity contribution in [2.24, 2.45) is 0 Å². The van der Waals surface area contributed by atoms with Gasteiger partial charge in [-0.25, -0.2) is 12.8 Å². The van der Waals surface area contributed by atoms with Crippen molar-refractivity contribution in [3.63, 3.8) is 0 Å². The minimum atomic E-state index is -3.99. The molecule has 1 heterocycles. The second-order valence-electron chi connectivity index (χ2n) is 4.38. The Hall–Kier alpha value is -2.19. The number of methoxy groups -OCH3 is 1. The number of hydrogen-bond acceptors (Lipinski definition) is 5. The number of carbonyl (C=O) groups excluding carboxylic acids is 1. The number of ether oxygens (including phenoxy) is 1. The molecule has 0 aliphatic rings. The van der Waals surface area contributed by atoms with Crippen LogP contribution in [0.1, 0.15) is 5.76 Å². The molecule has 2 aromatic rings. The number of hydrogen-bond donors (Lipinski definition) is 0. The topological polar surface area (TPSA) is 76.8 Å². The Morgan fingerprint density at radius 2 is 1.95 bits per heavy atom. The maximum Gasteiger partial charge on any atom is 0.321 e. The first-order chi connectivity index (χ1) is 10.4. The predicted octanol–water partition coefficient (Wildman–Crippen LogP) is 1.78. The van der Waals surface area contributed by atoms with Crippen molar-refractivity contribution in [2.45, 2.75) is 11.4 Å². The molecule has 1 aromatic carbocycles. The Morgan fingerprint density at radius 3 is 2.50 bits per heavy atom. The van der Waals surface area contributed by atoms with E-state index in [1.54, 1.807) is 12.1 Å². The van der Waals surface area contributed by atoms with Crippen LogP contribution in [0.4, 0.5) is 4.39 Å². The number of carbonyl (C=O) groups is 1. The van der Waals surface area contributed by atoms with Gasteiger partial charge in [0.2, 0.25) is 10.0 Å². The zero-order valence-corrected chi connectivity index (χ0v) is 12.5. The van der Waals surface area contributed by atoms with Gasteiger partial charge in [0.15, 0.2) is 0 Å². The van der Waals surface area contributed by atoms with Crippen LogP contribution in [-0.2, 0) is 26.1 Å². The summed E-state index contributed by atoms with van der Waals surface area (Å²) >= 11 is 0. The molecule has 0 aliphatic carbocycles. The summed E-state index contributed by atoms with van der Waals surface area (Å²) in [6.07, 6.45) is 1.40. The van der Waals surface area contributed by atoms with Crippen LogP contribution in [0.3, 0.4) is 0 Å². The van der Waals surface area contributed by atoms with Crippen molar-refractivity contribution in [1.29, 1.82) is 0 Å². The monoisotopic (exact) mass is 327 g/mol. The molecule has 0 unspecified atom stereocenters. The fourth-order valence-corrected chi connectivity index (χ4v) is 3.12. The lowest BCUT2D eigenvalue weighted by Gasteiger charge is -2.20. The Kier molecular flexibility index (Phi) is 4.94. The summed E-state index contributed by atoms with van der Waals surface area (Å²) in [6.45, 7) is -0.612. The van der Waals surface area contributed by atoms with Gasteiger partial charge in [0.1, 0.15) is 18.1 Å². The highest BCUT2D eigenvalue weighted by molar-refractivity contribution is 7.89. The first kappa shape index (κ1) is 16.2. The van der Waals surface area contributed by atoms with E-state index < -0.39 is 28.4 Å². The van der Waals surface area contributed by atoms with Crippen molar-refractivity contribution in [1.82, 2.24) is 4.31 Å². The summed E-state index contributed by atoms with van der Waals surface area (Å²) in [5, 5.41) is 0. The molecule has 0 N–H and O–H groups in total. The average molecular weight is 327 g/mol. The number of rotatable bonds is 6. The van der Waals surface area contributed by atoms with E-state index in [9.17, 15) is 17.6 Å². The highest BCUT2D eigenvalue weighted by Crippen LogP contribution is 2.19. The average Bonchev–Trinajstić information content (AvgIpc) is 3.00. The van der Waals surface area contributed by atoms with Gasteiger partial charge in [-0.1, -0.05) is 0 Å². The second kappa shape index (κ2) is 6.71. The van der Waals surface area contributed by atoms with Crippen molar-refractivity contribution < 1.29 is 26.8 Å². The van der Waals surface area contributed by atoms with E-state index >= 15 is 0 Å². The second-order valence-corrected chi connectivity index (χ2v) is 6.32. The number of furan rings is 1. The largest absolute Gasteiger partial charge is 0.468 e. The maximum absolute atomic E-state index is 12.9. The normalized spacial score (nSPS) is 11.6. The van der Waals surface area contributed by atoms with Gasteiger partial charge in [-0.3, -0.25) is 4.79 Å². The molecule has 0 aliphatic heterocycles. The fraction of sp³-hybridized carbons (Fsp3) is 0.214. The minimum absolute atomic E-state index is 0.121. The van der Waals surface area contributed by atoms with Crippen molar-refractivity contribution in [2.75, 3.05) is 13.7 Å². The molecular formula is C14H14FNO5S. The van der Waals surface area contributed by atoms with Crippen molar-refractivity contribution in [3.05, 3.63) is 54.2 Å². The molecule has 2 rings (SSSR count). The molecule has 0 amide bonds. The third-order valence-electron chi connectivity index (χ3n) is 2.90. The predicted molar refractivity (Wildman–Crippen MR) is 74.7 cm³/mol. The smallest absolute Gasteiger partial charge is 0.321 e. The maximum atomic E-state index is 12.9. The Balaban J connectivity index is 2.33. The zero-order chi connectivity index (χ0) is 16.2. The molecule has 0 fully saturated rings. The SMILES string of the molecule is COC(=O)CN(Cc1ccco1)S(=O)(=O)c1ccc(F)cc1. The van der Waals surface area contributed by atoms with Gasteiger partial charge in [-0.05, 0) is 36.4 Å². The highest BCUT2D eigenvalue weighted by atomic mass is 32.2. The molecule has 0 spiro atoms. The number of nitrogens with zero attached hydrogens (tertiary/aromatic N) is 1. The molecular weight excluding hydrogens is 313 g/mol. The first-order valence-electron chi connectivity index (χ1n) is 6.28. The number of halogens is 1. The van der Waals surface area contributed by atoms with E-state index in [0.29, 0.717) is 5.76 Å². The Morgan fingerprint density at radius 1 is 1.27 bits per heavy atom. The van der Waals surface area contributed by atoms with Crippen LogP contribution < -0.4 is 0 Å². The van der Waals surface area contributed by atoms with Gasteiger partial charge < -0.3 is 9.15 Å². The molecule has 6 nitrogen and oxygen atoms in total. The summed E-state index contributed by atoms with van der Waals surface area (Å²) in [6, 6.07) is 7.54. The molecule has 1 aromatic heterocycles. The third kappa shape index (κ3) is 3.71. The van der Waals surface area contributed by atoms with Crippen LogP contribution in [0.5, 0.6) is 0 Å². The van der Waals surface area contributed by atoms with E-state index in [0.717, 1.165) is 35.7 Å². The number of benzene rings is 1. The van der Waals surface area contributed by atoms with Crippen LogP contribution in [-0.4, -0.2) is 32.3 Å². The number of esters is 1. The molecule has 0 saturated carbocycles. The Bertz CT molecular complexity index is 725. The summed E-state index contributed by atoms with van der Waals surface area (Å²) < 4.78 is 48.6. The van der Waals surface area contributed by atoms with E-state index in [1.165, 1.54) is 6.26 Å². The van der Waals surface area contributed by atoms with Crippen LogP contribution in [0.15, 0.2) is 52.0 Å². The summed E-state index contributed by atoms with van der Waals surface area (Å²) in [4.78, 5) is 11.3. The molecule has 8 heteroatoms. The summed E-state index contributed by atoms with van der Waals surface area (Å²) in [5.41, 5.74) is 0. The highest BCUT2D eigenvalue weighted by Gasteiger charge is 2.28. The number of sulfonamides is 1. The molecule has 0 bridgehead atoms. The molecule has 0 saturated heterocycles. The van der Waals surface area contributed by atoms with E-state index in [-0.39, 0.29) is 11.4 Å². The van der Waals surface area contributed by atoms with Crippen LogP contribution in [0, 0.1) is 5.82 Å². The Labute approximate surface area is 127 Å². The molecule has 118 valence electrons. The van der Waals surface area contributed by atoms with Gasteiger partial charge in [0.05, 0.1) is 24.8 Å². The lowest BCUT2D eigenvalue weighted by Crippen LogP contribution is -2.35. The first-order valence-corrected chi connectivity index (χ1v) is 7.72. The van der Waals surface area contributed by atoms with Crippen molar-refractivity contribution >= 4 is 16.0 Å². The van der Waals surface area contributed by atoms with Crippen molar-refractivity contribution in [3.8, 4) is 0 Å². The summed E-state index contributed by atoms with van der Waals surface area (Å²) in [5.74, 6) is -0.892. The fourth-order valence-electron chi connectivity index (χ4n) is 1.77. The van der Waals surface area contributed by atoms with E-state index in [1.807, 2.05) is 0 Å². The van der Waals surface area contributed by atoms with E-state index in [2.05, 4.69) is 4.74 Å². The van der Waals surface area contributed by atoms with Gasteiger partial charge >= 0.3 is 5.97 Å². The third-order valence-corrected chi connectivity index (χ3v) is 4.70. The zero-order valence-electron chi connectivity index (χ0n) is 11.7. The van der Waals surface area contributed by atoms with Crippen LogP contribution >= 0.6 is 0 Å². The van der Waals surface area contributed by atoms with Gasteiger partial charge in [-0.2, -0.15) is 4.31 Å². The lowest BCUT2D eigenvalue weighted by atomic mass is 10.4. The quantitative estimate of drug-likeness (QED) is 0.756. The van der Waals surface area contributed by atoms with Crippen LogP contribution in [0.25, 0.3) is 0 Å². The minimum Gasteiger partial charge on any atom is -0.468 e. The standard InChI is InChI=1S/C14H14FNO5S/c1-20-14(17)10-16(9-12-3-2-8-21-12)22(18,19)13-6-4-11(15)5-7-13/h2-8H,9-10H2,1H3. The lowest BCUT2D eigenvalue weighted by molar-refractivity contribution is -0.140. The molecule has 0 atom stereocenters.